The Kier molecular flexibility index (Phi) is 6.25. The number of carbonyl (C=O) groups is 1. The molecule has 0 saturated carbocycles. The van der Waals surface area contributed by atoms with Crippen LogP contribution in [0.2, 0.25) is 5.02 Å². The maximum Gasteiger partial charge on any atom is 0.227 e. The van der Waals surface area contributed by atoms with Crippen LogP contribution in [0.1, 0.15) is 30.0 Å². The summed E-state index contributed by atoms with van der Waals surface area (Å²) in [4.78, 5) is 13.7. The van der Waals surface area contributed by atoms with Gasteiger partial charge in [-0.15, -0.1) is 0 Å². The van der Waals surface area contributed by atoms with Gasteiger partial charge in [0.1, 0.15) is 0 Å². The van der Waals surface area contributed by atoms with E-state index in [0.717, 1.165) is 16.8 Å². The maximum absolute atomic E-state index is 12.4. The van der Waals surface area contributed by atoms with Crippen LogP contribution in [0, 0.1) is 0 Å². The Morgan fingerprint density at radius 3 is 2.67 bits per heavy atom. The normalized spacial score (nSPS) is 14.3. The van der Waals surface area contributed by atoms with E-state index in [1.165, 1.54) is 0 Å². The van der Waals surface area contributed by atoms with Crippen LogP contribution in [-0.2, 0) is 33.5 Å². The fourth-order valence-corrected chi connectivity index (χ4v) is 5.32. The second kappa shape index (κ2) is 8.31. The van der Waals surface area contributed by atoms with Crippen LogP contribution < -0.4 is 9.62 Å². The number of nitrogens with zero attached hydrogens (tertiary/aromatic N) is 1. The number of fused-ring (bicyclic) bond motifs is 1. The van der Waals surface area contributed by atoms with E-state index in [9.17, 15) is 13.2 Å². The lowest BCUT2D eigenvalue weighted by atomic mass is 9.99. The molecule has 0 saturated heterocycles. The van der Waals surface area contributed by atoms with E-state index in [-0.39, 0.29) is 18.2 Å². The first-order valence-electron chi connectivity index (χ1n) is 8.62. The molecule has 0 aromatic heterocycles. The van der Waals surface area contributed by atoms with Gasteiger partial charge in [-0.05, 0) is 48.2 Å². The van der Waals surface area contributed by atoms with Gasteiger partial charge >= 0.3 is 0 Å². The second-order valence-corrected chi connectivity index (χ2v) is 9.51. The molecular formula is C19H20BrClN2O3S. The van der Waals surface area contributed by atoms with Crippen molar-refractivity contribution < 1.29 is 13.2 Å². The first-order chi connectivity index (χ1) is 12.8. The lowest BCUT2D eigenvalue weighted by Gasteiger charge is -2.28. The fourth-order valence-electron chi connectivity index (χ4n) is 3.16. The molecule has 0 atom stereocenters. The van der Waals surface area contributed by atoms with Crippen LogP contribution >= 0.6 is 27.5 Å². The molecule has 0 aliphatic carbocycles. The zero-order chi connectivity index (χ0) is 19.6. The number of benzene rings is 2. The number of rotatable bonds is 6. The van der Waals surface area contributed by atoms with E-state index < -0.39 is 10.0 Å². The summed E-state index contributed by atoms with van der Waals surface area (Å²) in [5.74, 6) is 0.000333. The van der Waals surface area contributed by atoms with Crippen LogP contribution in [0.25, 0.3) is 0 Å². The molecule has 5 nitrogen and oxygen atoms in total. The average molecular weight is 472 g/mol. The van der Waals surface area contributed by atoms with Crippen molar-refractivity contribution in [2.24, 2.45) is 0 Å². The summed E-state index contributed by atoms with van der Waals surface area (Å²) < 4.78 is 28.2. The van der Waals surface area contributed by atoms with Crippen LogP contribution in [0.15, 0.2) is 40.9 Å². The van der Waals surface area contributed by atoms with Crippen LogP contribution in [0.3, 0.4) is 0 Å². The highest BCUT2D eigenvalue weighted by Gasteiger charge is 2.23. The van der Waals surface area contributed by atoms with Crippen LogP contribution in [-0.4, -0.2) is 20.9 Å². The van der Waals surface area contributed by atoms with Gasteiger partial charge in [0.2, 0.25) is 15.9 Å². The Hall–Kier alpha value is -1.41. The van der Waals surface area contributed by atoms with Gasteiger partial charge in [0.15, 0.2) is 0 Å². The van der Waals surface area contributed by atoms with Gasteiger partial charge in [-0.25, -0.2) is 13.1 Å². The summed E-state index contributed by atoms with van der Waals surface area (Å²) in [6, 6.07) is 10.8. The summed E-state index contributed by atoms with van der Waals surface area (Å²) in [7, 11) is -3.50. The molecule has 1 aliphatic heterocycles. The van der Waals surface area contributed by atoms with Crippen molar-refractivity contribution in [1.82, 2.24) is 4.72 Å². The van der Waals surface area contributed by atoms with Crippen molar-refractivity contribution in [3.05, 3.63) is 62.6 Å². The number of aryl methyl sites for hydroxylation is 1. The largest absolute Gasteiger partial charge is 0.312 e. The third-order valence-corrected chi connectivity index (χ3v) is 6.77. The SMILES string of the molecule is CCN1C(=O)CCc2cc(CNS(=O)(=O)Cc3ccc(Cl)cc3Br)ccc21. The first kappa shape index (κ1) is 20.3. The molecule has 0 radical (unpaired) electrons. The van der Waals surface area contributed by atoms with Crippen molar-refractivity contribution in [2.45, 2.75) is 32.1 Å². The average Bonchev–Trinajstić information content (AvgIpc) is 2.62. The third-order valence-electron chi connectivity index (χ3n) is 4.52. The molecule has 0 fully saturated rings. The summed E-state index contributed by atoms with van der Waals surface area (Å²) in [5, 5.41) is 0.546. The van der Waals surface area contributed by atoms with E-state index in [0.29, 0.717) is 34.4 Å². The standard InChI is InChI=1S/C19H20BrClN2O3S/c1-2-23-18-7-3-13(9-14(18)5-8-19(23)24)11-22-27(25,26)12-15-4-6-16(21)10-17(15)20/h3-4,6-7,9-10,22H,2,5,8,11-12H2,1H3. The number of anilines is 1. The Morgan fingerprint density at radius 1 is 1.19 bits per heavy atom. The minimum Gasteiger partial charge on any atom is -0.312 e. The van der Waals surface area contributed by atoms with Gasteiger partial charge in [-0.1, -0.05) is 45.7 Å². The molecule has 0 spiro atoms. The van der Waals surface area contributed by atoms with Gasteiger partial charge in [0.25, 0.3) is 0 Å². The Labute approximate surface area is 172 Å². The molecule has 0 unspecified atom stereocenters. The van der Waals surface area contributed by atoms with Gasteiger partial charge in [0.05, 0.1) is 5.75 Å². The highest BCUT2D eigenvalue weighted by atomic mass is 79.9. The van der Waals surface area contributed by atoms with Crippen molar-refractivity contribution >= 4 is 49.1 Å². The van der Waals surface area contributed by atoms with Crippen molar-refractivity contribution in [3.63, 3.8) is 0 Å². The topological polar surface area (TPSA) is 66.5 Å². The molecule has 1 heterocycles. The summed E-state index contributed by atoms with van der Waals surface area (Å²) >= 11 is 9.24. The lowest BCUT2D eigenvalue weighted by molar-refractivity contribution is -0.118. The molecule has 1 aliphatic rings. The zero-order valence-electron chi connectivity index (χ0n) is 14.8. The molecule has 1 N–H and O–H groups in total. The minimum absolute atomic E-state index is 0.131. The van der Waals surface area contributed by atoms with E-state index >= 15 is 0 Å². The first-order valence-corrected chi connectivity index (χ1v) is 11.4. The molecule has 144 valence electrons. The summed E-state index contributed by atoms with van der Waals surface area (Å²) in [6.07, 6.45) is 1.17. The maximum atomic E-state index is 12.4. The van der Waals surface area contributed by atoms with E-state index in [2.05, 4.69) is 20.7 Å². The highest BCUT2D eigenvalue weighted by molar-refractivity contribution is 9.10. The quantitative estimate of drug-likeness (QED) is 0.692. The van der Waals surface area contributed by atoms with Crippen molar-refractivity contribution in [2.75, 3.05) is 11.4 Å². The Morgan fingerprint density at radius 2 is 1.96 bits per heavy atom. The number of hydrogen-bond donors (Lipinski definition) is 1. The highest BCUT2D eigenvalue weighted by Crippen LogP contribution is 2.29. The number of carbonyl (C=O) groups excluding carboxylic acids is 1. The fraction of sp³-hybridized carbons (Fsp3) is 0.316. The van der Waals surface area contributed by atoms with Gasteiger partial charge in [0, 0.05) is 34.7 Å². The van der Waals surface area contributed by atoms with Gasteiger partial charge in [-0.2, -0.15) is 0 Å². The van der Waals surface area contributed by atoms with E-state index in [1.807, 2.05) is 25.1 Å². The molecule has 2 aromatic carbocycles. The molecule has 27 heavy (non-hydrogen) atoms. The van der Waals surface area contributed by atoms with E-state index in [4.69, 9.17) is 11.6 Å². The molecule has 3 rings (SSSR count). The number of amides is 1. The van der Waals surface area contributed by atoms with Crippen LogP contribution in [0.4, 0.5) is 5.69 Å². The Balaban J connectivity index is 1.70. The Bertz CT molecular complexity index is 979. The number of hydrogen-bond acceptors (Lipinski definition) is 3. The molecule has 0 bridgehead atoms. The number of halogens is 2. The zero-order valence-corrected chi connectivity index (χ0v) is 18.0. The van der Waals surface area contributed by atoms with Gasteiger partial charge < -0.3 is 4.90 Å². The monoisotopic (exact) mass is 470 g/mol. The third kappa shape index (κ3) is 4.90. The predicted octanol–water partition coefficient (Wildman–Crippen LogP) is 4.02. The molecular weight excluding hydrogens is 452 g/mol. The molecule has 1 amide bonds. The smallest absolute Gasteiger partial charge is 0.227 e. The molecule has 8 heteroatoms. The summed E-state index contributed by atoms with van der Waals surface area (Å²) in [6.45, 7) is 2.79. The summed E-state index contributed by atoms with van der Waals surface area (Å²) in [5.41, 5.74) is 3.52. The van der Waals surface area contributed by atoms with Crippen molar-refractivity contribution in [1.29, 1.82) is 0 Å². The van der Waals surface area contributed by atoms with Crippen molar-refractivity contribution in [3.8, 4) is 0 Å². The number of sulfonamides is 1. The van der Waals surface area contributed by atoms with Crippen LogP contribution in [0.5, 0.6) is 0 Å². The van der Waals surface area contributed by atoms with E-state index in [1.54, 1.807) is 23.1 Å². The lowest BCUT2D eigenvalue weighted by Crippen LogP contribution is -2.34. The molecule has 2 aromatic rings. The predicted molar refractivity (Wildman–Crippen MR) is 111 cm³/mol. The number of nitrogens with one attached hydrogen (secondary N) is 1. The second-order valence-electron chi connectivity index (χ2n) is 6.42. The minimum atomic E-state index is -3.50. The van der Waals surface area contributed by atoms with Gasteiger partial charge in [-0.3, -0.25) is 4.79 Å².